The van der Waals surface area contributed by atoms with Gasteiger partial charge in [0, 0.05) is 11.6 Å². The third-order valence-corrected chi connectivity index (χ3v) is 3.51. The average Bonchev–Trinajstić information content (AvgIpc) is 2.64. The van der Waals surface area contributed by atoms with Crippen LogP contribution in [0, 0.1) is 17.0 Å². The van der Waals surface area contributed by atoms with Crippen molar-refractivity contribution in [1.29, 1.82) is 0 Å². The van der Waals surface area contributed by atoms with E-state index in [-0.39, 0.29) is 11.4 Å². The average molecular weight is 357 g/mol. The highest BCUT2D eigenvalue weighted by Gasteiger charge is 2.15. The molecule has 0 radical (unpaired) electrons. The molecule has 0 unspecified atom stereocenters. The van der Waals surface area contributed by atoms with E-state index < -0.39 is 17.4 Å². The van der Waals surface area contributed by atoms with Gasteiger partial charge in [-0.05, 0) is 32.0 Å². The highest BCUT2D eigenvalue weighted by molar-refractivity contribution is 6.01. The molecule has 26 heavy (non-hydrogen) atoms. The third-order valence-electron chi connectivity index (χ3n) is 3.51. The highest BCUT2D eigenvalue weighted by Crippen LogP contribution is 2.25. The quantitative estimate of drug-likeness (QED) is 0.466. The van der Waals surface area contributed by atoms with E-state index in [1.807, 2.05) is 25.1 Å². The molecule has 0 saturated heterocycles. The first-order chi connectivity index (χ1) is 12.4. The van der Waals surface area contributed by atoms with Crippen LogP contribution < -0.4 is 14.9 Å². The lowest BCUT2D eigenvalue weighted by molar-refractivity contribution is -0.385. The van der Waals surface area contributed by atoms with Gasteiger partial charge in [-0.1, -0.05) is 23.8 Å². The molecule has 1 N–H and O–H groups in total. The molecule has 0 aliphatic rings. The van der Waals surface area contributed by atoms with Crippen molar-refractivity contribution in [2.75, 3.05) is 13.7 Å². The zero-order chi connectivity index (χ0) is 19.1. The van der Waals surface area contributed by atoms with Gasteiger partial charge < -0.3 is 9.47 Å². The lowest BCUT2D eigenvalue weighted by Crippen LogP contribution is -2.25. The van der Waals surface area contributed by atoms with Gasteiger partial charge in [0.25, 0.3) is 5.91 Å². The number of benzene rings is 2. The summed E-state index contributed by atoms with van der Waals surface area (Å²) in [6, 6.07) is 11.5. The van der Waals surface area contributed by atoms with Crippen LogP contribution in [0.4, 0.5) is 5.69 Å². The second-order valence-electron chi connectivity index (χ2n) is 5.45. The molecular formula is C18H19N3O5. The van der Waals surface area contributed by atoms with E-state index in [1.165, 1.54) is 18.2 Å². The topological polar surface area (TPSA) is 103 Å². The number of carbonyl (C=O) groups excluding carboxylic acids is 1. The summed E-state index contributed by atoms with van der Waals surface area (Å²) in [7, 11) is 1.56. The Labute approximate surface area is 150 Å². The second-order valence-corrected chi connectivity index (χ2v) is 5.45. The van der Waals surface area contributed by atoms with Gasteiger partial charge in [-0.25, -0.2) is 5.43 Å². The van der Waals surface area contributed by atoms with Crippen LogP contribution in [0.3, 0.4) is 0 Å². The van der Waals surface area contributed by atoms with Gasteiger partial charge in [-0.3, -0.25) is 14.9 Å². The van der Waals surface area contributed by atoms with Crippen molar-refractivity contribution in [3.63, 3.8) is 0 Å². The van der Waals surface area contributed by atoms with Crippen LogP contribution in [0.25, 0.3) is 0 Å². The van der Waals surface area contributed by atoms with Gasteiger partial charge in [-0.15, -0.1) is 0 Å². The number of nitro benzene ring substituents is 1. The van der Waals surface area contributed by atoms with Crippen LogP contribution in [0.1, 0.15) is 18.1 Å². The number of nitrogens with one attached hydrogen (secondary N) is 1. The Bertz CT molecular complexity index is 848. The first-order valence-corrected chi connectivity index (χ1v) is 7.76. The predicted octanol–water partition coefficient (Wildman–Crippen LogP) is 2.83. The SMILES string of the molecule is COc1ccc(C)cc1/C(C)=N\NC(=O)COc1ccccc1[N+](=O)[O-]. The number of para-hydroxylation sites is 2. The van der Waals surface area contributed by atoms with Crippen molar-refractivity contribution in [2.45, 2.75) is 13.8 Å². The van der Waals surface area contributed by atoms with Crippen LogP contribution in [0.5, 0.6) is 11.5 Å². The predicted molar refractivity (Wildman–Crippen MR) is 96.7 cm³/mol. The summed E-state index contributed by atoms with van der Waals surface area (Å²) in [5, 5.41) is 15.0. The Morgan fingerprint density at radius 2 is 1.96 bits per heavy atom. The normalized spacial score (nSPS) is 11.0. The lowest BCUT2D eigenvalue weighted by Gasteiger charge is -2.09. The molecule has 0 saturated carbocycles. The summed E-state index contributed by atoms with van der Waals surface area (Å²) in [6.45, 7) is 3.28. The molecule has 2 aromatic rings. The Balaban J connectivity index is 2.02. The van der Waals surface area contributed by atoms with Gasteiger partial charge in [0.2, 0.25) is 0 Å². The van der Waals surface area contributed by atoms with Crippen LogP contribution in [-0.2, 0) is 4.79 Å². The van der Waals surface area contributed by atoms with E-state index in [0.29, 0.717) is 11.5 Å². The van der Waals surface area contributed by atoms with E-state index in [4.69, 9.17) is 9.47 Å². The number of methoxy groups -OCH3 is 1. The van der Waals surface area contributed by atoms with Crippen LogP contribution >= 0.6 is 0 Å². The number of carbonyl (C=O) groups is 1. The first-order valence-electron chi connectivity index (χ1n) is 7.76. The van der Waals surface area contributed by atoms with E-state index in [0.717, 1.165) is 11.1 Å². The number of hydrogen-bond acceptors (Lipinski definition) is 6. The van der Waals surface area contributed by atoms with E-state index in [2.05, 4.69) is 10.5 Å². The maximum Gasteiger partial charge on any atom is 0.310 e. The van der Waals surface area contributed by atoms with Crippen LogP contribution in [0.15, 0.2) is 47.6 Å². The van der Waals surface area contributed by atoms with Gasteiger partial charge in [0.15, 0.2) is 12.4 Å². The number of hydrazone groups is 1. The smallest absolute Gasteiger partial charge is 0.310 e. The highest BCUT2D eigenvalue weighted by atomic mass is 16.6. The van der Waals surface area contributed by atoms with Crippen LogP contribution in [0.2, 0.25) is 0 Å². The number of aryl methyl sites for hydroxylation is 1. The zero-order valence-corrected chi connectivity index (χ0v) is 14.7. The van der Waals surface area contributed by atoms with E-state index in [1.54, 1.807) is 20.1 Å². The summed E-state index contributed by atoms with van der Waals surface area (Å²) >= 11 is 0. The molecule has 8 heteroatoms. The lowest BCUT2D eigenvalue weighted by atomic mass is 10.1. The number of rotatable bonds is 7. The third kappa shape index (κ3) is 4.79. The minimum atomic E-state index is -0.570. The van der Waals surface area contributed by atoms with Gasteiger partial charge in [-0.2, -0.15) is 5.10 Å². The minimum Gasteiger partial charge on any atom is -0.496 e. The molecule has 0 atom stereocenters. The van der Waals surface area contributed by atoms with Crippen molar-refractivity contribution in [3.8, 4) is 11.5 Å². The monoisotopic (exact) mass is 357 g/mol. The summed E-state index contributed by atoms with van der Waals surface area (Å²) in [6.07, 6.45) is 0. The van der Waals surface area contributed by atoms with Crippen molar-refractivity contribution in [1.82, 2.24) is 5.43 Å². The Hall–Kier alpha value is -3.42. The van der Waals surface area contributed by atoms with Gasteiger partial charge >= 0.3 is 5.69 Å². The molecule has 1 amide bonds. The van der Waals surface area contributed by atoms with Crippen molar-refractivity contribution < 1.29 is 19.2 Å². The number of hydrogen-bond donors (Lipinski definition) is 1. The fourth-order valence-electron chi connectivity index (χ4n) is 2.22. The molecule has 0 aliphatic heterocycles. The number of nitro groups is 1. The van der Waals surface area contributed by atoms with Gasteiger partial charge in [0.1, 0.15) is 5.75 Å². The number of nitrogens with zero attached hydrogens (tertiary/aromatic N) is 2. The Kier molecular flexibility index (Phi) is 6.26. The Morgan fingerprint density at radius 3 is 2.65 bits per heavy atom. The summed E-state index contributed by atoms with van der Waals surface area (Å²) in [5.41, 5.74) is 4.51. The molecular weight excluding hydrogens is 338 g/mol. The van der Waals surface area contributed by atoms with E-state index in [9.17, 15) is 14.9 Å². The molecule has 2 rings (SSSR count). The molecule has 0 bridgehead atoms. The maximum absolute atomic E-state index is 11.9. The molecule has 136 valence electrons. The van der Waals surface area contributed by atoms with E-state index >= 15 is 0 Å². The molecule has 0 heterocycles. The largest absolute Gasteiger partial charge is 0.496 e. The molecule has 0 fully saturated rings. The molecule has 2 aromatic carbocycles. The number of amides is 1. The zero-order valence-electron chi connectivity index (χ0n) is 14.7. The summed E-state index contributed by atoms with van der Waals surface area (Å²) in [5.74, 6) is 0.130. The minimum absolute atomic E-state index is 0.0219. The second kappa shape index (κ2) is 8.61. The molecule has 0 spiro atoms. The molecule has 0 aromatic heterocycles. The summed E-state index contributed by atoms with van der Waals surface area (Å²) < 4.78 is 10.5. The van der Waals surface area contributed by atoms with Crippen molar-refractivity contribution in [2.24, 2.45) is 5.10 Å². The fourth-order valence-corrected chi connectivity index (χ4v) is 2.22. The maximum atomic E-state index is 11.9. The first kappa shape index (κ1) is 18.9. The Morgan fingerprint density at radius 1 is 1.23 bits per heavy atom. The van der Waals surface area contributed by atoms with Crippen molar-refractivity contribution >= 4 is 17.3 Å². The summed E-state index contributed by atoms with van der Waals surface area (Å²) in [4.78, 5) is 22.3. The molecule has 8 nitrogen and oxygen atoms in total. The standard InChI is InChI=1S/C18H19N3O5/c1-12-8-9-16(25-3)14(10-12)13(2)19-20-18(22)11-26-17-7-5-4-6-15(17)21(23)24/h4-10H,11H2,1-3H3,(H,20,22)/b19-13-. The number of ether oxygens (including phenoxy) is 2. The fraction of sp³-hybridized carbons (Fsp3) is 0.222. The van der Waals surface area contributed by atoms with Crippen molar-refractivity contribution in [3.05, 3.63) is 63.7 Å². The van der Waals surface area contributed by atoms with Crippen LogP contribution in [-0.4, -0.2) is 30.3 Å². The van der Waals surface area contributed by atoms with Gasteiger partial charge in [0.05, 0.1) is 17.7 Å². The molecule has 0 aliphatic carbocycles.